The first-order valence-corrected chi connectivity index (χ1v) is 5.59. The maximum absolute atomic E-state index is 13.3. The van der Waals surface area contributed by atoms with Crippen LogP contribution in [0.25, 0.3) is 0 Å². The molecule has 0 aliphatic rings. The number of halogens is 2. The van der Waals surface area contributed by atoms with Gasteiger partial charge >= 0.3 is 0 Å². The van der Waals surface area contributed by atoms with Crippen LogP contribution in [0.2, 0.25) is 0 Å². The maximum Gasteiger partial charge on any atom is 0.191 e. The van der Waals surface area contributed by atoms with Gasteiger partial charge in [-0.15, -0.1) is 0 Å². The van der Waals surface area contributed by atoms with E-state index in [-0.39, 0.29) is 12.4 Å². The number of ether oxygens (including phenoxy) is 1. The van der Waals surface area contributed by atoms with E-state index in [0.717, 1.165) is 23.3 Å². The summed E-state index contributed by atoms with van der Waals surface area (Å²) in [6.45, 7) is 0.0813. The van der Waals surface area contributed by atoms with Crippen molar-refractivity contribution >= 4 is 6.21 Å². The van der Waals surface area contributed by atoms with E-state index in [9.17, 15) is 8.78 Å². The lowest BCUT2D eigenvalue weighted by Gasteiger charge is -2.08. The number of benzene rings is 2. The molecule has 98 valence electrons. The normalized spacial score (nSPS) is 10.8. The van der Waals surface area contributed by atoms with E-state index in [4.69, 9.17) is 10.6 Å². The number of rotatable bonds is 4. The van der Waals surface area contributed by atoms with Crippen molar-refractivity contribution < 1.29 is 13.5 Å². The van der Waals surface area contributed by atoms with Crippen molar-refractivity contribution in [3.05, 3.63) is 65.2 Å². The molecule has 2 aromatic carbocycles. The average molecular weight is 262 g/mol. The van der Waals surface area contributed by atoms with Crippen LogP contribution in [0.1, 0.15) is 11.1 Å². The number of hydrazone groups is 1. The van der Waals surface area contributed by atoms with Gasteiger partial charge in [0.15, 0.2) is 17.4 Å². The van der Waals surface area contributed by atoms with E-state index in [1.165, 1.54) is 12.3 Å². The van der Waals surface area contributed by atoms with Gasteiger partial charge in [-0.1, -0.05) is 30.3 Å². The smallest absolute Gasteiger partial charge is 0.191 e. The summed E-state index contributed by atoms with van der Waals surface area (Å²) in [5.74, 6) is 3.23. The number of para-hydroxylation sites is 1. The Kier molecular flexibility index (Phi) is 4.07. The Bertz CT molecular complexity index is 562. The monoisotopic (exact) mass is 262 g/mol. The van der Waals surface area contributed by atoms with Gasteiger partial charge in [0.05, 0.1) is 6.21 Å². The summed E-state index contributed by atoms with van der Waals surface area (Å²) in [7, 11) is 0. The minimum atomic E-state index is -0.716. The van der Waals surface area contributed by atoms with Gasteiger partial charge in [-0.05, 0) is 23.3 Å². The van der Waals surface area contributed by atoms with Gasteiger partial charge in [0, 0.05) is 0 Å². The second-order valence-electron chi connectivity index (χ2n) is 3.86. The summed E-state index contributed by atoms with van der Waals surface area (Å²) < 4.78 is 31.8. The molecule has 0 atom stereocenters. The topological polar surface area (TPSA) is 47.6 Å². The minimum absolute atomic E-state index is 0.0813. The van der Waals surface area contributed by atoms with Gasteiger partial charge in [-0.25, -0.2) is 8.78 Å². The lowest BCUT2D eigenvalue weighted by atomic mass is 10.1. The first-order valence-electron chi connectivity index (χ1n) is 5.59. The van der Waals surface area contributed by atoms with Gasteiger partial charge in [0.25, 0.3) is 0 Å². The van der Waals surface area contributed by atoms with Crippen molar-refractivity contribution in [2.24, 2.45) is 10.9 Å². The third-order valence-electron chi connectivity index (χ3n) is 2.51. The highest BCUT2D eigenvalue weighted by atomic mass is 19.1. The minimum Gasteiger partial charge on any atom is -0.483 e. The summed E-state index contributed by atoms with van der Waals surface area (Å²) >= 11 is 0. The van der Waals surface area contributed by atoms with Crippen molar-refractivity contribution in [3.8, 4) is 5.75 Å². The molecule has 0 saturated carbocycles. The van der Waals surface area contributed by atoms with Gasteiger partial charge in [0.1, 0.15) is 6.61 Å². The fourth-order valence-corrected chi connectivity index (χ4v) is 1.56. The summed E-state index contributed by atoms with van der Waals surface area (Å²) in [4.78, 5) is 0. The molecule has 5 heteroatoms. The van der Waals surface area contributed by atoms with Gasteiger partial charge in [-0.3, -0.25) is 0 Å². The molecule has 0 aliphatic carbocycles. The van der Waals surface area contributed by atoms with Crippen LogP contribution in [0, 0.1) is 11.6 Å². The lowest BCUT2D eigenvalue weighted by molar-refractivity contribution is 0.274. The number of hydrogen-bond acceptors (Lipinski definition) is 3. The predicted octanol–water partition coefficient (Wildman–Crippen LogP) is 2.84. The molecule has 0 spiro atoms. The molecular weight excluding hydrogens is 250 g/mol. The van der Waals surface area contributed by atoms with Crippen LogP contribution in [0.4, 0.5) is 8.78 Å². The standard InChI is InChI=1S/C14H12F2N2O/c15-12-2-1-3-13(16)14(12)19-9-11-6-4-10(5-7-11)8-18-17/h1-8H,9,17H2. The highest BCUT2D eigenvalue weighted by Crippen LogP contribution is 2.21. The molecule has 2 rings (SSSR count). The largest absolute Gasteiger partial charge is 0.483 e. The van der Waals surface area contributed by atoms with Gasteiger partial charge < -0.3 is 10.6 Å². The molecule has 0 fully saturated rings. The van der Waals surface area contributed by atoms with Crippen LogP contribution in [0.15, 0.2) is 47.6 Å². The quantitative estimate of drug-likeness (QED) is 0.523. The first-order chi connectivity index (χ1) is 9.20. The molecule has 0 radical (unpaired) electrons. The Morgan fingerprint density at radius 2 is 1.68 bits per heavy atom. The Morgan fingerprint density at radius 1 is 1.05 bits per heavy atom. The van der Waals surface area contributed by atoms with E-state index < -0.39 is 11.6 Å². The van der Waals surface area contributed by atoms with Crippen molar-refractivity contribution in [2.75, 3.05) is 0 Å². The zero-order valence-electron chi connectivity index (χ0n) is 10.0. The molecule has 0 unspecified atom stereocenters. The zero-order chi connectivity index (χ0) is 13.7. The SMILES string of the molecule is NN=Cc1ccc(COc2c(F)cccc2F)cc1. The van der Waals surface area contributed by atoms with Crippen LogP contribution in [0.5, 0.6) is 5.75 Å². The van der Waals surface area contributed by atoms with E-state index in [1.54, 1.807) is 24.3 Å². The molecule has 0 aliphatic heterocycles. The third-order valence-corrected chi connectivity index (χ3v) is 2.51. The van der Waals surface area contributed by atoms with Crippen molar-refractivity contribution in [3.63, 3.8) is 0 Å². The van der Waals surface area contributed by atoms with Crippen molar-refractivity contribution in [2.45, 2.75) is 6.61 Å². The van der Waals surface area contributed by atoms with E-state index in [2.05, 4.69) is 5.10 Å². The summed E-state index contributed by atoms with van der Waals surface area (Å²) in [6, 6.07) is 10.7. The Morgan fingerprint density at radius 3 is 2.26 bits per heavy atom. The number of hydrogen-bond donors (Lipinski definition) is 1. The second kappa shape index (κ2) is 5.95. The van der Waals surface area contributed by atoms with E-state index in [1.807, 2.05) is 0 Å². The Balaban J connectivity index is 2.06. The lowest BCUT2D eigenvalue weighted by Crippen LogP contribution is -2.00. The van der Waals surface area contributed by atoms with Crippen LogP contribution in [-0.4, -0.2) is 6.21 Å². The van der Waals surface area contributed by atoms with Crippen LogP contribution in [0.3, 0.4) is 0 Å². The summed E-state index contributed by atoms with van der Waals surface area (Å²) in [5, 5.41) is 3.40. The Labute approximate surface area is 109 Å². The fourth-order valence-electron chi connectivity index (χ4n) is 1.56. The highest BCUT2D eigenvalue weighted by molar-refractivity contribution is 5.79. The second-order valence-corrected chi connectivity index (χ2v) is 3.86. The molecule has 2 N–H and O–H groups in total. The molecule has 0 aromatic heterocycles. The molecule has 0 heterocycles. The van der Waals surface area contributed by atoms with E-state index in [0.29, 0.717) is 0 Å². The Hall–Kier alpha value is -2.43. The molecule has 0 saturated heterocycles. The average Bonchev–Trinajstić information content (AvgIpc) is 2.40. The fraction of sp³-hybridized carbons (Fsp3) is 0.0714. The third kappa shape index (κ3) is 3.28. The van der Waals surface area contributed by atoms with E-state index >= 15 is 0 Å². The van der Waals surface area contributed by atoms with Gasteiger partial charge in [0.2, 0.25) is 0 Å². The van der Waals surface area contributed by atoms with Gasteiger partial charge in [-0.2, -0.15) is 5.10 Å². The zero-order valence-corrected chi connectivity index (χ0v) is 10.0. The molecule has 2 aromatic rings. The summed E-state index contributed by atoms with van der Waals surface area (Å²) in [5.41, 5.74) is 1.63. The molecule has 19 heavy (non-hydrogen) atoms. The van der Waals surface area contributed by atoms with Crippen molar-refractivity contribution in [1.82, 2.24) is 0 Å². The summed E-state index contributed by atoms with van der Waals surface area (Å²) in [6.07, 6.45) is 1.50. The molecular formula is C14H12F2N2O. The predicted molar refractivity (Wildman–Crippen MR) is 68.9 cm³/mol. The molecule has 0 bridgehead atoms. The number of nitrogens with two attached hydrogens (primary N) is 1. The van der Waals surface area contributed by atoms with Crippen LogP contribution in [-0.2, 0) is 6.61 Å². The number of nitrogens with zero attached hydrogens (tertiary/aromatic N) is 1. The molecule has 0 amide bonds. The van der Waals surface area contributed by atoms with Crippen LogP contribution >= 0.6 is 0 Å². The molecule has 3 nitrogen and oxygen atoms in total. The van der Waals surface area contributed by atoms with Crippen molar-refractivity contribution in [1.29, 1.82) is 0 Å². The van der Waals surface area contributed by atoms with Crippen LogP contribution < -0.4 is 10.6 Å². The first kappa shape index (κ1) is 13.0. The highest BCUT2D eigenvalue weighted by Gasteiger charge is 2.09. The maximum atomic E-state index is 13.3.